The molecule has 0 fully saturated rings. The van der Waals surface area contributed by atoms with Crippen molar-refractivity contribution in [1.29, 1.82) is 0 Å². The molecule has 1 aromatic carbocycles. The van der Waals surface area contributed by atoms with Gasteiger partial charge >= 0.3 is 5.97 Å². The van der Waals surface area contributed by atoms with E-state index >= 15 is 0 Å². The van der Waals surface area contributed by atoms with Gasteiger partial charge in [0.2, 0.25) is 0 Å². The molecular formula is C19H19N5O3S. The average Bonchev–Trinajstić information content (AvgIpc) is 3.21. The summed E-state index contributed by atoms with van der Waals surface area (Å²) in [7, 11) is 0. The van der Waals surface area contributed by atoms with Crippen molar-refractivity contribution >= 4 is 38.6 Å². The Bertz CT molecular complexity index is 1270. The molecule has 8 nitrogen and oxygen atoms in total. The molecule has 3 heterocycles. The van der Waals surface area contributed by atoms with E-state index in [-0.39, 0.29) is 5.56 Å². The summed E-state index contributed by atoms with van der Waals surface area (Å²) in [5, 5.41) is 8.70. The first-order valence-electron chi connectivity index (χ1n) is 8.93. The summed E-state index contributed by atoms with van der Waals surface area (Å²) in [6, 6.07) is 5.12. The van der Waals surface area contributed by atoms with Gasteiger partial charge in [-0.2, -0.15) is 0 Å². The number of nitrogens with one attached hydrogen (secondary N) is 1. The lowest BCUT2D eigenvalue weighted by molar-refractivity contribution is 0.0320. The van der Waals surface area contributed by atoms with Crippen molar-refractivity contribution in [2.75, 3.05) is 0 Å². The van der Waals surface area contributed by atoms with Crippen LogP contribution in [0.2, 0.25) is 0 Å². The van der Waals surface area contributed by atoms with E-state index in [0.29, 0.717) is 33.7 Å². The SMILES string of the molecule is CCn1nnc2cc(C(=O)O[C@@H](C)c3nc4sc(C)c(C)c4c(=O)[nH]3)ccc21. The van der Waals surface area contributed by atoms with Crippen LogP contribution in [0.5, 0.6) is 0 Å². The first kappa shape index (κ1) is 18.3. The number of nitrogens with zero attached hydrogens (tertiary/aromatic N) is 4. The maximum Gasteiger partial charge on any atom is 0.338 e. The van der Waals surface area contributed by atoms with Crippen LogP contribution in [0.15, 0.2) is 23.0 Å². The number of thiophene rings is 1. The molecule has 0 saturated carbocycles. The van der Waals surface area contributed by atoms with Gasteiger partial charge in [-0.25, -0.2) is 14.5 Å². The number of benzene rings is 1. The fourth-order valence-corrected chi connectivity index (χ4v) is 4.12. The topological polar surface area (TPSA) is 103 Å². The summed E-state index contributed by atoms with van der Waals surface area (Å²) in [5.74, 6) is -0.188. The first-order chi connectivity index (χ1) is 13.4. The number of esters is 1. The number of aromatic nitrogens is 5. The monoisotopic (exact) mass is 397 g/mol. The Kier molecular flexibility index (Phi) is 4.46. The van der Waals surface area contributed by atoms with Crippen LogP contribution in [-0.4, -0.2) is 30.9 Å². The van der Waals surface area contributed by atoms with Gasteiger partial charge in [0.05, 0.1) is 16.5 Å². The molecule has 9 heteroatoms. The normalized spacial score (nSPS) is 12.6. The number of hydrogen-bond acceptors (Lipinski definition) is 7. The molecule has 0 amide bonds. The van der Waals surface area contributed by atoms with E-state index < -0.39 is 12.1 Å². The number of hydrogen-bond donors (Lipinski definition) is 1. The minimum atomic E-state index is -0.700. The van der Waals surface area contributed by atoms with E-state index in [1.807, 2.05) is 20.8 Å². The lowest BCUT2D eigenvalue weighted by atomic mass is 10.2. The predicted molar refractivity (Wildman–Crippen MR) is 107 cm³/mol. The minimum Gasteiger partial charge on any atom is -0.451 e. The quantitative estimate of drug-likeness (QED) is 0.530. The highest BCUT2D eigenvalue weighted by Gasteiger charge is 2.19. The Morgan fingerprint density at radius 3 is 2.89 bits per heavy atom. The highest BCUT2D eigenvalue weighted by molar-refractivity contribution is 7.18. The van der Waals surface area contributed by atoms with Gasteiger partial charge in [-0.1, -0.05) is 5.21 Å². The second-order valence-corrected chi connectivity index (χ2v) is 7.77. The second-order valence-electron chi connectivity index (χ2n) is 6.57. The lowest BCUT2D eigenvalue weighted by Gasteiger charge is -2.12. The van der Waals surface area contributed by atoms with Crippen molar-refractivity contribution in [2.24, 2.45) is 0 Å². The third kappa shape index (κ3) is 2.97. The van der Waals surface area contributed by atoms with Crippen LogP contribution in [0.3, 0.4) is 0 Å². The third-order valence-electron chi connectivity index (χ3n) is 4.78. The number of carbonyl (C=O) groups is 1. The molecule has 1 atom stereocenters. The molecule has 4 aromatic rings. The van der Waals surface area contributed by atoms with Gasteiger partial charge in [0, 0.05) is 11.4 Å². The van der Waals surface area contributed by atoms with Gasteiger partial charge in [0.15, 0.2) is 11.9 Å². The van der Waals surface area contributed by atoms with Crippen LogP contribution >= 0.6 is 11.3 Å². The maximum atomic E-state index is 12.6. The molecule has 0 unspecified atom stereocenters. The number of carbonyl (C=O) groups excluding carboxylic acids is 1. The van der Waals surface area contributed by atoms with Gasteiger partial charge < -0.3 is 9.72 Å². The number of ether oxygens (including phenoxy) is 1. The fourth-order valence-electron chi connectivity index (χ4n) is 3.08. The largest absolute Gasteiger partial charge is 0.451 e. The summed E-state index contributed by atoms with van der Waals surface area (Å²) in [6.45, 7) is 8.20. The molecule has 1 N–H and O–H groups in total. The van der Waals surface area contributed by atoms with E-state index in [1.165, 1.54) is 11.3 Å². The van der Waals surface area contributed by atoms with Crippen molar-refractivity contribution in [3.05, 3.63) is 50.4 Å². The van der Waals surface area contributed by atoms with E-state index in [9.17, 15) is 9.59 Å². The molecule has 0 saturated heterocycles. The van der Waals surface area contributed by atoms with Gasteiger partial charge in [-0.05, 0) is 51.5 Å². The summed E-state index contributed by atoms with van der Waals surface area (Å²) >= 11 is 1.46. The van der Waals surface area contributed by atoms with Crippen LogP contribution in [0.25, 0.3) is 21.3 Å². The maximum absolute atomic E-state index is 12.6. The smallest absolute Gasteiger partial charge is 0.338 e. The van der Waals surface area contributed by atoms with E-state index in [0.717, 1.165) is 16.0 Å². The zero-order chi connectivity index (χ0) is 20.0. The standard InChI is InChI=1S/C19H19N5O3S/c1-5-24-14-7-6-12(8-13(14)22-23-24)19(26)27-10(3)16-20-17(25)15-9(2)11(4)28-18(15)21-16/h6-8,10H,5H2,1-4H3,(H,20,21,25)/t10-/m0/s1. The Morgan fingerprint density at radius 2 is 2.14 bits per heavy atom. The summed E-state index contributed by atoms with van der Waals surface area (Å²) in [4.78, 5) is 33.9. The molecule has 0 aliphatic rings. The highest BCUT2D eigenvalue weighted by atomic mass is 32.1. The number of rotatable bonds is 4. The molecule has 0 bridgehead atoms. The molecule has 0 aliphatic carbocycles. The fraction of sp³-hybridized carbons (Fsp3) is 0.316. The Balaban J connectivity index is 1.61. The first-order valence-corrected chi connectivity index (χ1v) is 9.74. The third-order valence-corrected chi connectivity index (χ3v) is 5.88. The molecule has 0 radical (unpaired) electrons. The van der Waals surface area contributed by atoms with Crippen LogP contribution in [-0.2, 0) is 11.3 Å². The average molecular weight is 397 g/mol. The van der Waals surface area contributed by atoms with E-state index in [4.69, 9.17) is 4.74 Å². The molecule has 28 heavy (non-hydrogen) atoms. The van der Waals surface area contributed by atoms with E-state index in [1.54, 1.807) is 29.8 Å². The van der Waals surface area contributed by atoms with Crippen LogP contribution in [0.4, 0.5) is 0 Å². The van der Waals surface area contributed by atoms with Crippen LogP contribution in [0, 0.1) is 13.8 Å². The minimum absolute atomic E-state index is 0.220. The summed E-state index contributed by atoms with van der Waals surface area (Å²) in [5.41, 5.74) is 2.56. The Morgan fingerprint density at radius 1 is 1.36 bits per heavy atom. The molecular weight excluding hydrogens is 378 g/mol. The summed E-state index contributed by atoms with van der Waals surface area (Å²) < 4.78 is 7.28. The lowest BCUT2D eigenvalue weighted by Crippen LogP contribution is -2.17. The number of H-pyrrole nitrogens is 1. The molecule has 0 spiro atoms. The van der Waals surface area contributed by atoms with Crippen LogP contribution < -0.4 is 5.56 Å². The van der Waals surface area contributed by atoms with Gasteiger partial charge in [-0.3, -0.25) is 4.79 Å². The molecule has 3 aromatic heterocycles. The molecule has 0 aliphatic heterocycles. The van der Waals surface area contributed by atoms with Crippen LogP contribution in [0.1, 0.15) is 46.6 Å². The van der Waals surface area contributed by atoms with Crippen molar-refractivity contribution in [1.82, 2.24) is 25.0 Å². The molecule has 144 valence electrons. The zero-order valence-corrected chi connectivity index (χ0v) is 16.8. The zero-order valence-electron chi connectivity index (χ0n) is 15.9. The second kappa shape index (κ2) is 6.83. The van der Waals surface area contributed by atoms with Crippen molar-refractivity contribution in [3.63, 3.8) is 0 Å². The van der Waals surface area contributed by atoms with Crippen molar-refractivity contribution < 1.29 is 9.53 Å². The number of aromatic amines is 1. The van der Waals surface area contributed by atoms with Crippen molar-refractivity contribution in [3.8, 4) is 0 Å². The van der Waals surface area contributed by atoms with Crippen molar-refractivity contribution in [2.45, 2.75) is 40.3 Å². The van der Waals surface area contributed by atoms with Gasteiger partial charge in [0.1, 0.15) is 10.3 Å². The Labute approximate surface area is 164 Å². The summed E-state index contributed by atoms with van der Waals surface area (Å²) in [6.07, 6.45) is -0.700. The Hall–Kier alpha value is -3.07. The predicted octanol–water partition coefficient (Wildman–Crippen LogP) is 3.28. The number of fused-ring (bicyclic) bond motifs is 2. The van der Waals surface area contributed by atoms with Gasteiger partial charge in [0.25, 0.3) is 5.56 Å². The highest BCUT2D eigenvalue weighted by Crippen LogP contribution is 2.27. The van der Waals surface area contributed by atoms with Gasteiger partial charge in [-0.15, -0.1) is 16.4 Å². The molecule has 4 rings (SSSR count). The number of aryl methyl sites for hydroxylation is 3. The van der Waals surface area contributed by atoms with E-state index in [2.05, 4.69) is 20.3 Å².